The average Bonchev–Trinajstić information content (AvgIpc) is 3.08. The Morgan fingerprint density at radius 2 is 2.11 bits per heavy atom. The average molecular weight is 264 g/mol. The number of hydrogen-bond acceptors (Lipinski definition) is 4. The van der Waals surface area contributed by atoms with Crippen molar-refractivity contribution in [3.8, 4) is 11.5 Å². The van der Waals surface area contributed by atoms with Gasteiger partial charge < -0.3 is 19.3 Å². The fraction of sp³-hybridized carbons (Fsp3) is 0.600. The number of methoxy groups -OCH3 is 2. The third-order valence-electron chi connectivity index (χ3n) is 4.32. The Bertz CT molecular complexity index is 459. The molecule has 1 aromatic carbocycles. The van der Waals surface area contributed by atoms with Gasteiger partial charge in [0, 0.05) is 17.5 Å². The van der Waals surface area contributed by atoms with Crippen LogP contribution in [0.3, 0.4) is 0 Å². The summed E-state index contributed by atoms with van der Waals surface area (Å²) in [5, 5.41) is 10.6. The molecule has 4 heteroatoms. The minimum absolute atomic E-state index is 0.182. The smallest absolute Gasteiger partial charge is 0.128 e. The van der Waals surface area contributed by atoms with Gasteiger partial charge in [0.25, 0.3) is 0 Å². The molecule has 4 atom stereocenters. The second-order valence-electron chi connectivity index (χ2n) is 5.33. The fourth-order valence-corrected chi connectivity index (χ4v) is 3.30. The van der Waals surface area contributed by atoms with E-state index < -0.39 is 6.10 Å². The standard InChI is InChI=1S/C15H20O4/c1-17-9-3-5-11(14(8-9)18-2)15(16)12-7-10-4-6-13(12)19-10/h3,5,8,10,12-13,15-16H,4,6-7H2,1-2H3. The van der Waals surface area contributed by atoms with Crippen LogP contribution in [0.5, 0.6) is 11.5 Å². The Hall–Kier alpha value is -1.26. The van der Waals surface area contributed by atoms with Crippen molar-refractivity contribution in [1.29, 1.82) is 0 Å². The van der Waals surface area contributed by atoms with Gasteiger partial charge in [-0.1, -0.05) is 0 Å². The summed E-state index contributed by atoms with van der Waals surface area (Å²) in [4.78, 5) is 0. The van der Waals surface area contributed by atoms with Crippen molar-refractivity contribution in [3.05, 3.63) is 23.8 Å². The van der Waals surface area contributed by atoms with Crippen molar-refractivity contribution >= 4 is 0 Å². The lowest BCUT2D eigenvalue weighted by Gasteiger charge is -2.25. The molecule has 2 saturated heterocycles. The Kier molecular flexibility index (Phi) is 3.37. The van der Waals surface area contributed by atoms with Gasteiger partial charge in [-0.3, -0.25) is 0 Å². The highest BCUT2D eigenvalue weighted by Crippen LogP contribution is 2.46. The third-order valence-corrected chi connectivity index (χ3v) is 4.32. The first-order valence-electron chi connectivity index (χ1n) is 6.78. The van der Waals surface area contributed by atoms with Gasteiger partial charge in [0.05, 0.1) is 32.5 Å². The number of benzene rings is 1. The number of aliphatic hydroxyl groups is 1. The lowest BCUT2D eigenvalue weighted by Crippen LogP contribution is -2.24. The maximum absolute atomic E-state index is 10.6. The molecular formula is C15H20O4. The van der Waals surface area contributed by atoms with E-state index >= 15 is 0 Å². The minimum Gasteiger partial charge on any atom is -0.497 e. The summed E-state index contributed by atoms with van der Waals surface area (Å²) in [6.07, 6.45) is 3.15. The first-order chi connectivity index (χ1) is 9.22. The Labute approximate surface area is 113 Å². The molecule has 1 N–H and O–H groups in total. The molecule has 0 amide bonds. The molecule has 2 aliphatic rings. The van der Waals surface area contributed by atoms with Crippen molar-refractivity contribution in [2.45, 2.75) is 37.6 Å². The lowest BCUT2D eigenvalue weighted by atomic mass is 9.82. The first-order valence-corrected chi connectivity index (χ1v) is 6.78. The molecule has 2 aliphatic heterocycles. The van der Waals surface area contributed by atoms with E-state index in [1.807, 2.05) is 18.2 Å². The second-order valence-corrected chi connectivity index (χ2v) is 5.33. The zero-order valence-corrected chi connectivity index (χ0v) is 11.3. The van der Waals surface area contributed by atoms with Crippen molar-refractivity contribution in [3.63, 3.8) is 0 Å². The SMILES string of the molecule is COc1ccc(C(O)C2CC3CCC2O3)c(OC)c1. The topological polar surface area (TPSA) is 47.9 Å². The van der Waals surface area contributed by atoms with E-state index in [9.17, 15) is 5.11 Å². The second kappa shape index (κ2) is 5.02. The summed E-state index contributed by atoms with van der Waals surface area (Å²) >= 11 is 0. The first kappa shape index (κ1) is 12.8. The summed E-state index contributed by atoms with van der Waals surface area (Å²) in [6, 6.07) is 5.55. The monoisotopic (exact) mass is 264 g/mol. The molecule has 0 radical (unpaired) electrons. The molecule has 2 fully saturated rings. The molecule has 2 bridgehead atoms. The van der Waals surface area contributed by atoms with Gasteiger partial charge >= 0.3 is 0 Å². The largest absolute Gasteiger partial charge is 0.497 e. The maximum atomic E-state index is 10.6. The highest BCUT2D eigenvalue weighted by Gasteiger charge is 2.44. The van der Waals surface area contributed by atoms with Crippen molar-refractivity contribution in [2.24, 2.45) is 5.92 Å². The van der Waals surface area contributed by atoms with Crippen LogP contribution in [0.4, 0.5) is 0 Å². The van der Waals surface area contributed by atoms with Gasteiger partial charge in [-0.05, 0) is 31.4 Å². The number of aliphatic hydroxyl groups excluding tert-OH is 1. The van der Waals surface area contributed by atoms with Crippen LogP contribution < -0.4 is 9.47 Å². The van der Waals surface area contributed by atoms with E-state index in [4.69, 9.17) is 14.2 Å². The summed E-state index contributed by atoms with van der Waals surface area (Å²) < 4.78 is 16.4. The minimum atomic E-state index is -0.531. The molecule has 0 aromatic heterocycles. The zero-order chi connectivity index (χ0) is 13.4. The molecule has 0 spiro atoms. The Morgan fingerprint density at radius 1 is 1.26 bits per heavy atom. The molecule has 0 saturated carbocycles. The van der Waals surface area contributed by atoms with E-state index in [-0.39, 0.29) is 12.0 Å². The van der Waals surface area contributed by atoms with E-state index in [0.717, 1.165) is 30.6 Å². The van der Waals surface area contributed by atoms with Crippen molar-refractivity contribution in [2.75, 3.05) is 14.2 Å². The molecule has 2 heterocycles. The molecule has 104 valence electrons. The van der Waals surface area contributed by atoms with Gasteiger partial charge in [0.1, 0.15) is 11.5 Å². The van der Waals surface area contributed by atoms with Crippen LogP contribution in [-0.4, -0.2) is 31.5 Å². The fourth-order valence-electron chi connectivity index (χ4n) is 3.30. The molecule has 4 nitrogen and oxygen atoms in total. The van der Waals surface area contributed by atoms with Crippen LogP contribution in [-0.2, 0) is 4.74 Å². The van der Waals surface area contributed by atoms with Crippen LogP contribution >= 0.6 is 0 Å². The number of ether oxygens (including phenoxy) is 3. The van der Waals surface area contributed by atoms with E-state index in [0.29, 0.717) is 11.9 Å². The Balaban J connectivity index is 1.85. The van der Waals surface area contributed by atoms with Crippen LogP contribution in [0, 0.1) is 5.92 Å². The number of rotatable bonds is 4. The number of fused-ring (bicyclic) bond motifs is 2. The summed E-state index contributed by atoms with van der Waals surface area (Å²) in [5.74, 6) is 1.59. The highest BCUT2D eigenvalue weighted by molar-refractivity contribution is 5.42. The van der Waals surface area contributed by atoms with Gasteiger partial charge in [0.15, 0.2) is 0 Å². The lowest BCUT2D eigenvalue weighted by molar-refractivity contribution is 0.0411. The Morgan fingerprint density at radius 3 is 2.68 bits per heavy atom. The molecule has 1 aromatic rings. The van der Waals surface area contributed by atoms with Gasteiger partial charge in [-0.25, -0.2) is 0 Å². The van der Waals surface area contributed by atoms with Crippen LogP contribution in [0.15, 0.2) is 18.2 Å². The summed E-state index contributed by atoms with van der Waals surface area (Å²) in [7, 11) is 3.23. The predicted molar refractivity (Wildman–Crippen MR) is 70.5 cm³/mol. The zero-order valence-electron chi connectivity index (χ0n) is 11.3. The summed E-state index contributed by atoms with van der Waals surface area (Å²) in [6.45, 7) is 0. The third kappa shape index (κ3) is 2.19. The number of hydrogen-bond donors (Lipinski definition) is 1. The van der Waals surface area contributed by atoms with Crippen LogP contribution in [0.1, 0.15) is 30.9 Å². The van der Waals surface area contributed by atoms with Crippen LogP contribution in [0.25, 0.3) is 0 Å². The summed E-state index contributed by atoms with van der Waals surface area (Å²) in [5.41, 5.74) is 0.824. The molecule has 0 aliphatic carbocycles. The van der Waals surface area contributed by atoms with E-state index in [1.54, 1.807) is 14.2 Å². The van der Waals surface area contributed by atoms with Gasteiger partial charge in [0.2, 0.25) is 0 Å². The van der Waals surface area contributed by atoms with E-state index in [2.05, 4.69) is 0 Å². The maximum Gasteiger partial charge on any atom is 0.128 e. The van der Waals surface area contributed by atoms with Crippen molar-refractivity contribution < 1.29 is 19.3 Å². The molecule has 19 heavy (non-hydrogen) atoms. The van der Waals surface area contributed by atoms with Crippen LogP contribution in [0.2, 0.25) is 0 Å². The normalized spacial score (nSPS) is 30.4. The predicted octanol–water partition coefficient (Wildman–Crippen LogP) is 2.30. The molecular weight excluding hydrogens is 244 g/mol. The van der Waals surface area contributed by atoms with E-state index in [1.165, 1.54) is 0 Å². The van der Waals surface area contributed by atoms with Gasteiger partial charge in [-0.15, -0.1) is 0 Å². The quantitative estimate of drug-likeness (QED) is 0.906. The molecule has 4 unspecified atom stereocenters. The van der Waals surface area contributed by atoms with Gasteiger partial charge in [-0.2, -0.15) is 0 Å². The molecule has 3 rings (SSSR count). The highest BCUT2D eigenvalue weighted by atomic mass is 16.5. The van der Waals surface area contributed by atoms with Crippen molar-refractivity contribution in [1.82, 2.24) is 0 Å².